The van der Waals surface area contributed by atoms with Crippen LogP contribution in [0.1, 0.15) is 23.3 Å². The van der Waals surface area contributed by atoms with E-state index < -0.39 is 0 Å². The van der Waals surface area contributed by atoms with Crippen molar-refractivity contribution in [1.82, 2.24) is 20.0 Å². The predicted molar refractivity (Wildman–Crippen MR) is 109 cm³/mol. The Kier molecular flexibility index (Phi) is 5.36. The van der Waals surface area contributed by atoms with Crippen LogP contribution in [0, 0.1) is 5.92 Å². The first-order valence-electron chi connectivity index (χ1n) is 9.39. The highest BCUT2D eigenvalue weighted by Gasteiger charge is 2.26. The number of thiophene rings is 1. The first kappa shape index (κ1) is 17.9. The molecule has 140 valence electrons. The van der Waals surface area contributed by atoms with Gasteiger partial charge in [-0.05, 0) is 62.0 Å². The van der Waals surface area contributed by atoms with E-state index in [1.165, 1.54) is 0 Å². The molecular weight excluding hydrogens is 356 g/mol. The third-order valence-corrected chi connectivity index (χ3v) is 5.99. The van der Waals surface area contributed by atoms with Crippen molar-refractivity contribution in [1.29, 1.82) is 0 Å². The summed E-state index contributed by atoms with van der Waals surface area (Å²) < 4.78 is 1.88. The van der Waals surface area contributed by atoms with Gasteiger partial charge in [0.2, 0.25) is 0 Å². The minimum atomic E-state index is 0.0328. The number of piperidine rings is 1. The fourth-order valence-corrected chi connectivity index (χ4v) is 4.37. The van der Waals surface area contributed by atoms with Crippen molar-refractivity contribution < 1.29 is 4.79 Å². The lowest BCUT2D eigenvalue weighted by atomic mass is 9.96. The van der Waals surface area contributed by atoms with E-state index in [4.69, 9.17) is 0 Å². The zero-order chi connectivity index (χ0) is 18.6. The fraction of sp³-hybridized carbons (Fsp3) is 0.333. The van der Waals surface area contributed by atoms with Crippen molar-refractivity contribution in [2.45, 2.75) is 12.8 Å². The number of nitrogens with one attached hydrogen (secondary N) is 1. The van der Waals surface area contributed by atoms with E-state index in [1.807, 2.05) is 64.5 Å². The number of likely N-dealkylation sites (tertiary alicyclic amines) is 1. The van der Waals surface area contributed by atoms with Gasteiger partial charge in [0, 0.05) is 13.1 Å². The Morgan fingerprint density at radius 3 is 2.63 bits per heavy atom. The summed E-state index contributed by atoms with van der Waals surface area (Å²) in [7, 11) is 1.99. The molecule has 1 saturated heterocycles. The largest absolute Gasteiger partial charge is 0.337 e. The molecule has 0 spiro atoms. The lowest BCUT2D eigenvalue weighted by Gasteiger charge is -2.31. The molecule has 3 heterocycles. The quantitative estimate of drug-likeness (QED) is 0.735. The number of para-hydroxylation sites is 1. The fourth-order valence-electron chi connectivity index (χ4n) is 3.64. The van der Waals surface area contributed by atoms with Gasteiger partial charge in [0.25, 0.3) is 5.91 Å². The van der Waals surface area contributed by atoms with Crippen LogP contribution in [-0.2, 0) is 0 Å². The zero-order valence-electron chi connectivity index (χ0n) is 15.5. The Labute approximate surface area is 163 Å². The molecule has 27 heavy (non-hydrogen) atoms. The van der Waals surface area contributed by atoms with Gasteiger partial charge >= 0.3 is 0 Å². The van der Waals surface area contributed by atoms with Crippen LogP contribution in [0.5, 0.6) is 0 Å². The number of hydrogen-bond acceptors (Lipinski definition) is 4. The SMILES string of the molecule is CNCC1CCN(C(=O)c2cc(-c3cccs3)n(-c3ccccc3)n2)CC1. The number of amides is 1. The van der Waals surface area contributed by atoms with Crippen molar-refractivity contribution in [3.63, 3.8) is 0 Å². The Morgan fingerprint density at radius 1 is 1.19 bits per heavy atom. The summed E-state index contributed by atoms with van der Waals surface area (Å²) in [6, 6.07) is 16.0. The van der Waals surface area contributed by atoms with Crippen molar-refractivity contribution in [3.8, 4) is 16.3 Å². The second-order valence-electron chi connectivity index (χ2n) is 6.93. The van der Waals surface area contributed by atoms with Crippen LogP contribution in [0.25, 0.3) is 16.3 Å². The monoisotopic (exact) mass is 380 g/mol. The van der Waals surface area contributed by atoms with Crippen LogP contribution in [0.15, 0.2) is 53.9 Å². The first-order chi connectivity index (χ1) is 13.3. The molecule has 2 aromatic heterocycles. The van der Waals surface area contributed by atoms with Gasteiger partial charge in [-0.1, -0.05) is 24.3 Å². The second kappa shape index (κ2) is 8.06. The van der Waals surface area contributed by atoms with E-state index in [1.54, 1.807) is 11.3 Å². The standard InChI is InChI=1S/C21H24N4OS/c1-22-15-16-9-11-24(12-10-16)21(26)18-14-19(20-8-5-13-27-20)25(23-18)17-6-3-2-4-7-17/h2-8,13-14,16,22H,9-12,15H2,1H3. The molecule has 0 saturated carbocycles. The van der Waals surface area contributed by atoms with E-state index >= 15 is 0 Å². The lowest BCUT2D eigenvalue weighted by Crippen LogP contribution is -2.40. The van der Waals surface area contributed by atoms with Crippen LogP contribution < -0.4 is 5.32 Å². The average Bonchev–Trinajstić information content (AvgIpc) is 3.39. The van der Waals surface area contributed by atoms with Crippen LogP contribution >= 0.6 is 11.3 Å². The molecule has 0 bridgehead atoms. The Hall–Kier alpha value is -2.44. The summed E-state index contributed by atoms with van der Waals surface area (Å²) >= 11 is 1.66. The van der Waals surface area contributed by atoms with Gasteiger partial charge in [-0.25, -0.2) is 4.68 Å². The molecule has 1 aliphatic heterocycles. The maximum Gasteiger partial charge on any atom is 0.274 e. The Bertz CT molecular complexity index is 880. The van der Waals surface area contributed by atoms with Gasteiger partial charge in [0.1, 0.15) is 0 Å². The highest BCUT2D eigenvalue weighted by molar-refractivity contribution is 7.13. The number of benzene rings is 1. The molecule has 0 aliphatic carbocycles. The number of nitrogens with zero attached hydrogens (tertiary/aromatic N) is 3. The predicted octanol–water partition coefficient (Wildman–Crippen LogP) is 3.67. The van der Waals surface area contributed by atoms with Crippen molar-refractivity contribution in [3.05, 3.63) is 59.6 Å². The van der Waals surface area contributed by atoms with Crippen LogP contribution in [0.2, 0.25) is 0 Å². The Morgan fingerprint density at radius 2 is 1.96 bits per heavy atom. The van der Waals surface area contributed by atoms with E-state index in [0.29, 0.717) is 11.6 Å². The summed E-state index contributed by atoms with van der Waals surface area (Å²) in [5.41, 5.74) is 2.45. The molecule has 1 amide bonds. The number of carbonyl (C=O) groups excluding carboxylic acids is 1. The minimum Gasteiger partial charge on any atom is -0.337 e. The van der Waals surface area contributed by atoms with Crippen LogP contribution in [0.4, 0.5) is 0 Å². The maximum atomic E-state index is 13.1. The van der Waals surface area contributed by atoms with Crippen molar-refractivity contribution in [2.24, 2.45) is 5.92 Å². The van der Waals surface area contributed by atoms with Gasteiger partial charge in [-0.15, -0.1) is 11.3 Å². The molecule has 1 aromatic carbocycles. The topological polar surface area (TPSA) is 50.2 Å². The van der Waals surface area contributed by atoms with Crippen molar-refractivity contribution >= 4 is 17.2 Å². The molecule has 3 aromatic rings. The molecule has 1 fully saturated rings. The summed E-state index contributed by atoms with van der Waals surface area (Å²) in [4.78, 5) is 16.1. The minimum absolute atomic E-state index is 0.0328. The number of carbonyl (C=O) groups is 1. The van der Waals surface area contributed by atoms with E-state index in [9.17, 15) is 4.79 Å². The molecule has 0 unspecified atom stereocenters. The average molecular weight is 381 g/mol. The first-order valence-corrected chi connectivity index (χ1v) is 10.3. The van der Waals surface area contributed by atoms with Crippen LogP contribution in [-0.4, -0.2) is 47.3 Å². The molecule has 4 rings (SSSR count). The molecule has 0 radical (unpaired) electrons. The van der Waals surface area contributed by atoms with E-state index in [0.717, 1.165) is 48.7 Å². The molecular formula is C21H24N4OS. The third-order valence-electron chi connectivity index (χ3n) is 5.10. The molecule has 1 N–H and O–H groups in total. The molecule has 0 atom stereocenters. The zero-order valence-corrected chi connectivity index (χ0v) is 16.3. The van der Waals surface area contributed by atoms with Gasteiger partial charge < -0.3 is 10.2 Å². The molecule has 5 nitrogen and oxygen atoms in total. The summed E-state index contributed by atoms with van der Waals surface area (Å²) in [5, 5.41) is 9.97. The highest BCUT2D eigenvalue weighted by Crippen LogP contribution is 2.29. The highest BCUT2D eigenvalue weighted by atomic mass is 32.1. The van der Waals surface area contributed by atoms with Crippen LogP contribution in [0.3, 0.4) is 0 Å². The maximum absolute atomic E-state index is 13.1. The van der Waals surface area contributed by atoms with Gasteiger partial charge in [-0.2, -0.15) is 5.10 Å². The summed E-state index contributed by atoms with van der Waals surface area (Å²) in [6.45, 7) is 2.63. The molecule has 6 heteroatoms. The normalized spacial score (nSPS) is 15.2. The molecule has 1 aliphatic rings. The van der Waals surface area contributed by atoms with Gasteiger partial charge in [0.05, 0.1) is 16.3 Å². The number of aromatic nitrogens is 2. The third kappa shape index (κ3) is 3.82. The van der Waals surface area contributed by atoms with E-state index in [-0.39, 0.29) is 5.91 Å². The number of rotatable bonds is 5. The van der Waals surface area contributed by atoms with Gasteiger partial charge in [0.15, 0.2) is 5.69 Å². The summed E-state index contributed by atoms with van der Waals surface area (Å²) in [5.74, 6) is 0.688. The van der Waals surface area contributed by atoms with Crippen molar-refractivity contribution in [2.75, 3.05) is 26.7 Å². The summed E-state index contributed by atoms with van der Waals surface area (Å²) in [6.07, 6.45) is 2.09. The smallest absolute Gasteiger partial charge is 0.274 e. The second-order valence-corrected chi connectivity index (χ2v) is 7.88. The number of hydrogen-bond donors (Lipinski definition) is 1. The lowest BCUT2D eigenvalue weighted by molar-refractivity contribution is 0.0684. The van der Waals surface area contributed by atoms with Gasteiger partial charge in [-0.3, -0.25) is 4.79 Å². The Balaban J connectivity index is 1.61. The van der Waals surface area contributed by atoms with E-state index in [2.05, 4.69) is 16.5 Å².